The van der Waals surface area contributed by atoms with Gasteiger partial charge >= 0.3 is 6.03 Å². The van der Waals surface area contributed by atoms with E-state index in [9.17, 15) is 4.79 Å². The van der Waals surface area contributed by atoms with Crippen LogP contribution in [0.5, 0.6) is 5.75 Å². The fourth-order valence-electron chi connectivity index (χ4n) is 3.55. The lowest BCUT2D eigenvalue weighted by Crippen LogP contribution is -2.47. The molecule has 1 aliphatic heterocycles. The number of hydrogen-bond donors (Lipinski definition) is 2. The van der Waals surface area contributed by atoms with Crippen LogP contribution < -0.4 is 20.3 Å². The lowest BCUT2D eigenvalue weighted by molar-refractivity contribution is 0.236. The number of amides is 2. The highest BCUT2D eigenvalue weighted by Crippen LogP contribution is 2.15. The number of anilines is 1. The first-order valence-electron chi connectivity index (χ1n) is 10.4. The molecule has 0 spiro atoms. The average molecular weight is 397 g/mol. The van der Waals surface area contributed by atoms with E-state index in [0.29, 0.717) is 13.1 Å². The molecule has 3 rings (SSSR count). The van der Waals surface area contributed by atoms with Gasteiger partial charge in [-0.3, -0.25) is 4.90 Å². The van der Waals surface area contributed by atoms with Crippen LogP contribution in [0.4, 0.5) is 10.5 Å². The standard InChI is InChI=1S/C23H32N4O2/c1-29-22-10-8-20(9-11-22)12-14-25-23(28)24-13-5-15-26-16-18-27(19-17-26)21-6-3-2-4-7-21/h2-4,6-11H,5,12-19H2,1H3,(H2,24,25,28). The predicted octanol–water partition coefficient (Wildman–Crippen LogP) is 2.75. The quantitative estimate of drug-likeness (QED) is 0.640. The number of methoxy groups -OCH3 is 1. The molecule has 29 heavy (non-hydrogen) atoms. The SMILES string of the molecule is COc1ccc(CCNC(=O)NCCCN2CCN(c3ccccc3)CC2)cc1. The summed E-state index contributed by atoms with van der Waals surface area (Å²) in [7, 11) is 1.66. The number of nitrogens with zero attached hydrogens (tertiary/aromatic N) is 2. The molecule has 2 aromatic carbocycles. The Hall–Kier alpha value is -2.73. The topological polar surface area (TPSA) is 56.8 Å². The molecule has 0 saturated carbocycles. The van der Waals surface area contributed by atoms with Crippen molar-refractivity contribution in [1.82, 2.24) is 15.5 Å². The number of para-hydroxylation sites is 1. The van der Waals surface area contributed by atoms with Crippen molar-refractivity contribution in [3.8, 4) is 5.75 Å². The Morgan fingerprint density at radius 3 is 2.31 bits per heavy atom. The zero-order valence-corrected chi connectivity index (χ0v) is 17.3. The van der Waals surface area contributed by atoms with Crippen molar-refractivity contribution in [2.75, 3.05) is 57.8 Å². The normalized spacial score (nSPS) is 14.4. The monoisotopic (exact) mass is 396 g/mol. The van der Waals surface area contributed by atoms with Crippen molar-refractivity contribution in [1.29, 1.82) is 0 Å². The summed E-state index contributed by atoms with van der Waals surface area (Å²) in [5.41, 5.74) is 2.49. The number of carbonyl (C=O) groups is 1. The van der Waals surface area contributed by atoms with Crippen LogP contribution in [0, 0.1) is 0 Å². The van der Waals surface area contributed by atoms with Gasteiger partial charge in [-0.1, -0.05) is 30.3 Å². The molecule has 6 heteroatoms. The highest BCUT2D eigenvalue weighted by molar-refractivity contribution is 5.73. The second-order valence-corrected chi connectivity index (χ2v) is 7.30. The van der Waals surface area contributed by atoms with E-state index in [1.807, 2.05) is 24.3 Å². The summed E-state index contributed by atoms with van der Waals surface area (Å²) in [6.07, 6.45) is 1.78. The number of carbonyl (C=O) groups excluding carboxylic acids is 1. The molecule has 1 fully saturated rings. The van der Waals surface area contributed by atoms with Gasteiger partial charge in [-0.15, -0.1) is 0 Å². The van der Waals surface area contributed by atoms with Crippen LogP contribution in [-0.4, -0.2) is 63.9 Å². The third-order valence-electron chi connectivity index (χ3n) is 5.29. The van der Waals surface area contributed by atoms with Gasteiger partial charge in [0.1, 0.15) is 5.75 Å². The van der Waals surface area contributed by atoms with Gasteiger partial charge < -0.3 is 20.3 Å². The van der Waals surface area contributed by atoms with Crippen molar-refractivity contribution < 1.29 is 9.53 Å². The molecule has 1 aliphatic rings. The molecular weight excluding hydrogens is 364 g/mol. The first-order valence-corrected chi connectivity index (χ1v) is 10.4. The smallest absolute Gasteiger partial charge is 0.314 e. The Balaban J connectivity index is 1.23. The van der Waals surface area contributed by atoms with E-state index in [-0.39, 0.29) is 6.03 Å². The number of hydrogen-bond acceptors (Lipinski definition) is 4. The van der Waals surface area contributed by atoms with Gasteiger partial charge in [0.15, 0.2) is 0 Å². The highest BCUT2D eigenvalue weighted by Gasteiger charge is 2.16. The Kier molecular flexibility index (Phi) is 8.19. The van der Waals surface area contributed by atoms with E-state index in [1.165, 1.54) is 11.3 Å². The summed E-state index contributed by atoms with van der Waals surface area (Å²) in [6, 6.07) is 18.4. The molecule has 0 radical (unpaired) electrons. The number of rotatable bonds is 9. The van der Waals surface area contributed by atoms with Crippen molar-refractivity contribution in [3.05, 3.63) is 60.2 Å². The van der Waals surface area contributed by atoms with E-state index < -0.39 is 0 Å². The zero-order valence-electron chi connectivity index (χ0n) is 17.3. The Labute approximate surface area is 173 Å². The van der Waals surface area contributed by atoms with Gasteiger partial charge in [-0.05, 0) is 49.2 Å². The van der Waals surface area contributed by atoms with Crippen LogP contribution in [0.25, 0.3) is 0 Å². The summed E-state index contributed by atoms with van der Waals surface area (Å²) in [5.74, 6) is 0.848. The van der Waals surface area contributed by atoms with Gasteiger partial charge in [-0.2, -0.15) is 0 Å². The number of urea groups is 1. The Bertz CT molecular complexity index is 728. The number of ether oxygens (including phenoxy) is 1. The van der Waals surface area contributed by atoms with Gasteiger partial charge in [0.2, 0.25) is 0 Å². The molecule has 1 heterocycles. The maximum Gasteiger partial charge on any atom is 0.314 e. The maximum atomic E-state index is 11.9. The van der Waals surface area contributed by atoms with E-state index in [4.69, 9.17) is 4.74 Å². The molecule has 1 saturated heterocycles. The molecule has 2 amide bonds. The lowest BCUT2D eigenvalue weighted by Gasteiger charge is -2.36. The van der Waals surface area contributed by atoms with Gasteiger partial charge in [-0.25, -0.2) is 4.79 Å². The first kappa shape index (κ1) is 21.0. The molecule has 156 valence electrons. The van der Waals surface area contributed by atoms with Crippen LogP contribution in [-0.2, 0) is 6.42 Å². The fourth-order valence-corrected chi connectivity index (χ4v) is 3.55. The predicted molar refractivity (Wildman–Crippen MR) is 118 cm³/mol. The minimum atomic E-state index is -0.0904. The molecule has 0 aromatic heterocycles. The van der Waals surface area contributed by atoms with E-state index in [1.54, 1.807) is 7.11 Å². The minimum Gasteiger partial charge on any atom is -0.497 e. The Morgan fingerprint density at radius 1 is 0.931 bits per heavy atom. The summed E-state index contributed by atoms with van der Waals surface area (Å²) >= 11 is 0. The molecule has 0 unspecified atom stereocenters. The van der Waals surface area contributed by atoms with Crippen LogP contribution in [0.3, 0.4) is 0 Å². The second kappa shape index (κ2) is 11.3. The molecule has 0 bridgehead atoms. The lowest BCUT2D eigenvalue weighted by atomic mass is 10.1. The van der Waals surface area contributed by atoms with Crippen LogP contribution in [0.2, 0.25) is 0 Å². The summed E-state index contributed by atoms with van der Waals surface area (Å²) in [6.45, 7) is 6.61. The molecular formula is C23H32N4O2. The molecule has 2 aromatic rings. The molecule has 6 nitrogen and oxygen atoms in total. The molecule has 0 aliphatic carbocycles. The third-order valence-corrected chi connectivity index (χ3v) is 5.29. The van der Waals surface area contributed by atoms with Crippen molar-refractivity contribution >= 4 is 11.7 Å². The van der Waals surface area contributed by atoms with Gasteiger partial charge in [0, 0.05) is 45.0 Å². The molecule has 2 N–H and O–H groups in total. The Morgan fingerprint density at radius 2 is 1.62 bits per heavy atom. The number of piperazine rings is 1. The number of benzene rings is 2. The van der Waals surface area contributed by atoms with Gasteiger partial charge in [0.05, 0.1) is 7.11 Å². The second-order valence-electron chi connectivity index (χ2n) is 7.30. The van der Waals surface area contributed by atoms with E-state index in [2.05, 4.69) is 50.8 Å². The van der Waals surface area contributed by atoms with Crippen molar-refractivity contribution in [3.63, 3.8) is 0 Å². The largest absolute Gasteiger partial charge is 0.497 e. The van der Waals surface area contributed by atoms with E-state index in [0.717, 1.165) is 51.3 Å². The third kappa shape index (κ3) is 6.98. The maximum absolute atomic E-state index is 11.9. The average Bonchev–Trinajstić information content (AvgIpc) is 2.78. The summed E-state index contributed by atoms with van der Waals surface area (Å²) in [5, 5.41) is 5.87. The molecule has 0 atom stereocenters. The highest BCUT2D eigenvalue weighted by atomic mass is 16.5. The van der Waals surface area contributed by atoms with Crippen molar-refractivity contribution in [2.45, 2.75) is 12.8 Å². The van der Waals surface area contributed by atoms with Crippen molar-refractivity contribution in [2.24, 2.45) is 0 Å². The van der Waals surface area contributed by atoms with Crippen LogP contribution in [0.15, 0.2) is 54.6 Å². The fraction of sp³-hybridized carbons (Fsp3) is 0.435. The summed E-state index contributed by atoms with van der Waals surface area (Å²) in [4.78, 5) is 16.8. The van der Waals surface area contributed by atoms with E-state index >= 15 is 0 Å². The number of nitrogens with one attached hydrogen (secondary N) is 2. The van der Waals surface area contributed by atoms with Crippen LogP contribution in [0.1, 0.15) is 12.0 Å². The van der Waals surface area contributed by atoms with Gasteiger partial charge in [0.25, 0.3) is 0 Å². The first-order chi connectivity index (χ1) is 14.2. The van der Waals surface area contributed by atoms with Crippen LogP contribution >= 0.6 is 0 Å². The zero-order chi connectivity index (χ0) is 20.3. The summed E-state index contributed by atoms with van der Waals surface area (Å²) < 4.78 is 5.15. The minimum absolute atomic E-state index is 0.0904.